The normalized spacial score (nSPS) is 17.3. The molecule has 0 radical (unpaired) electrons. The van der Waals surface area contributed by atoms with E-state index < -0.39 is 17.7 Å². The SMILES string of the molecule is COc1ccc(CN2C(=O)C(=O)/C(=C(\O)c3ccncc3)C2c2ccc(N(C)C)cc2)cc1. The van der Waals surface area contributed by atoms with Gasteiger partial charge in [-0.2, -0.15) is 0 Å². The van der Waals surface area contributed by atoms with Gasteiger partial charge in [0, 0.05) is 44.3 Å². The summed E-state index contributed by atoms with van der Waals surface area (Å²) in [6.45, 7) is 0.210. The highest BCUT2D eigenvalue weighted by atomic mass is 16.5. The number of rotatable bonds is 6. The maximum atomic E-state index is 13.1. The molecule has 0 bridgehead atoms. The number of carbonyl (C=O) groups excluding carboxylic acids is 2. The zero-order chi connectivity index (χ0) is 23.5. The van der Waals surface area contributed by atoms with Gasteiger partial charge in [-0.1, -0.05) is 24.3 Å². The average Bonchev–Trinajstić information content (AvgIpc) is 3.09. The first-order chi connectivity index (χ1) is 15.9. The van der Waals surface area contributed by atoms with E-state index in [4.69, 9.17) is 4.74 Å². The summed E-state index contributed by atoms with van der Waals surface area (Å²) in [5.41, 5.74) is 3.07. The lowest BCUT2D eigenvalue weighted by Crippen LogP contribution is -2.29. The van der Waals surface area contributed by atoms with E-state index in [9.17, 15) is 14.7 Å². The van der Waals surface area contributed by atoms with Gasteiger partial charge < -0.3 is 19.6 Å². The highest BCUT2D eigenvalue weighted by Gasteiger charge is 2.46. The molecule has 1 atom stereocenters. The minimum absolute atomic E-state index is 0.0670. The van der Waals surface area contributed by atoms with Crippen LogP contribution >= 0.6 is 0 Å². The number of methoxy groups -OCH3 is 1. The topological polar surface area (TPSA) is 83.0 Å². The lowest BCUT2D eigenvalue weighted by atomic mass is 9.95. The third-order valence-corrected chi connectivity index (χ3v) is 5.73. The molecule has 1 aromatic heterocycles. The minimum atomic E-state index is -0.725. The Kier molecular flexibility index (Phi) is 6.13. The van der Waals surface area contributed by atoms with E-state index in [2.05, 4.69) is 4.98 Å². The summed E-state index contributed by atoms with van der Waals surface area (Å²) >= 11 is 0. The number of likely N-dealkylation sites (tertiary alicyclic amines) is 1. The summed E-state index contributed by atoms with van der Waals surface area (Å²) < 4.78 is 5.21. The van der Waals surface area contributed by atoms with Crippen LogP contribution in [0.3, 0.4) is 0 Å². The van der Waals surface area contributed by atoms with Crippen molar-refractivity contribution in [3.8, 4) is 5.75 Å². The van der Waals surface area contributed by atoms with E-state index in [1.165, 1.54) is 17.3 Å². The van der Waals surface area contributed by atoms with E-state index >= 15 is 0 Å². The van der Waals surface area contributed by atoms with Crippen molar-refractivity contribution in [2.75, 3.05) is 26.1 Å². The molecule has 0 saturated carbocycles. The molecule has 1 aliphatic rings. The Labute approximate surface area is 192 Å². The Morgan fingerprint density at radius 1 is 1.00 bits per heavy atom. The highest BCUT2D eigenvalue weighted by Crippen LogP contribution is 2.40. The Hall–Kier alpha value is -4.13. The number of ether oxygens (including phenoxy) is 1. The van der Waals surface area contributed by atoms with Gasteiger partial charge in [-0.05, 0) is 47.5 Å². The molecule has 33 heavy (non-hydrogen) atoms. The summed E-state index contributed by atoms with van der Waals surface area (Å²) in [6.07, 6.45) is 3.06. The Morgan fingerprint density at radius 2 is 1.64 bits per heavy atom. The van der Waals surface area contributed by atoms with Gasteiger partial charge in [0.2, 0.25) is 0 Å². The number of aromatic nitrogens is 1. The molecule has 1 fully saturated rings. The Bertz CT molecular complexity index is 1190. The van der Waals surface area contributed by atoms with E-state index in [0.29, 0.717) is 11.3 Å². The van der Waals surface area contributed by atoms with Crippen LogP contribution < -0.4 is 9.64 Å². The number of carbonyl (C=O) groups is 2. The van der Waals surface area contributed by atoms with Crippen LogP contribution in [-0.4, -0.2) is 47.9 Å². The quantitative estimate of drug-likeness (QED) is 0.355. The zero-order valence-electron chi connectivity index (χ0n) is 18.7. The maximum absolute atomic E-state index is 13.1. The number of aliphatic hydroxyl groups excluding tert-OH is 1. The number of nitrogens with zero attached hydrogens (tertiary/aromatic N) is 3. The van der Waals surface area contributed by atoms with Gasteiger partial charge in [-0.25, -0.2) is 0 Å². The van der Waals surface area contributed by atoms with E-state index in [0.717, 1.165) is 16.8 Å². The van der Waals surface area contributed by atoms with Crippen molar-refractivity contribution in [1.82, 2.24) is 9.88 Å². The van der Waals surface area contributed by atoms with Gasteiger partial charge in [0.25, 0.3) is 11.7 Å². The molecule has 2 heterocycles. The van der Waals surface area contributed by atoms with Crippen LogP contribution in [0, 0.1) is 0 Å². The molecule has 4 rings (SSSR count). The molecule has 0 spiro atoms. The van der Waals surface area contributed by atoms with Crippen molar-refractivity contribution < 1.29 is 19.4 Å². The van der Waals surface area contributed by atoms with Crippen molar-refractivity contribution in [3.05, 3.63) is 95.3 Å². The fourth-order valence-corrected chi connectivity index (χ4v) is 3.94. The van der Waals surface area contributed by atoms with Crippen LogP contribution in [0.25, 0.3) is 5.76 Å². The molecule has 3 aromatic rings. The first-order valence-corrected chi connectivity index (χ1v) is 10.5. The Morgan fingerprint density at radius 3 is 2.21 bits per heavy atom. The summed E-state index contributed by atoms with van der Waals surface area (Å²) in [5, 5.41) is 11.1. The van der Waals surface area contributed by atoms with Crippen molar-refractivity contribution >= 4 is 23.1 Å². The van der Waals surface area contributed by atoms with Gasteiger partial charge in [-0.3, -0.25) is 14.6 Å². The third kappa shape index (κ3) is 4.30. The van der Waals surface area contributed by atoms with Crippen LogP contribution in [0.2, 0.25) is 0 Å². The van der Waals surface area contributed by atoms with Crippen molar-refractivity contribution in [2.45, 2.75) is 12.6 Å². The number of amides is 1. The van der Waals surface area contributed by atoms with E-state index in [-0.39, 0.29) is 17.9 Å². The van der Waals surface area contributed by atoms with E-state index in [1.54, 1.807) is 19.2 Å². The van der Waals surface area contributed by atoms with E-state index in [1.807, 2.05) is 67.5 Å². The average molecular weight is 444 g/mol. The molecule has 7 nitrogen and oxygen atoms in total. The number of benzene rings is 2. The predicted molar refractivity (Wildman–Crippen MR) is 126 cm³/mol. The Balaban J connectivity index is 1.81. The lowest BCUT2D eigenvalue weighted by Gasteiger charge is -2.26. The summed E-state index contributed by atoms with van der Waals surface area (Å²) in [7, 11) is 5.46. The number of pyridine rings is 1. The molecule has 2 aromatic carbocycles. The molecular weight excluding hydrogens is 418 g/mol. The van der Waals surface area contributed by atoms with Crippen molar-refractivity contribution in [2.24, 2.45) is 0 Å². The van der Waals surface area contributed by atoms with Crippen LogP contribution in [0.4, 0.5) is 5.69 Å². The fourth-order valence-electron chi connectivity index (χ4n) is 3.94. The molecule has 1 aliphatic heterocycles. The summed E-state index contributed by atoms with van der Waals surface area (Å²) in [6, 6.07) is 17.4. The van der Waals surface area contributed by atoms with Crippen molar-refractivity contribution in [1.29, 1.82) is 0 Å². The number of ketones is 1. The van der Waals surface area contributed by atoms with Gasteiger partial charge >= 0.3 is 0 Å². The third-order valence-electron chi connectivity index (χ3n) is 5.73. The second-order valence-corrected chi connectivity index (χ2v) is 8.00. The predicted octanol–water partition coefficient (Wildman–Crippen LogP) is 3.78. The van der Waals surface area contributed by atoms with Gasteiger partial charge in [-0.15, -0.1) is 0 Å². The molecule has 1 unspecified atom stereocenters. The van der Waals surface area contributed by atoms with Gasteiger partial charge in [0.1, 0.15) is 11.5 Å². The number of aliphatic hydroxyl groups is 1. The number of Topliss-reactive ketones (excluding diaryl/α,β-unsaturated/α-hetero) is 1. The minimum Gasteiger partial charge on any atom is -0.507 e. The molecule has 1 saturated heterocycles. The van der Waals surface area contributed by atoms with Crippen molar-refractivity contribution in [3.63, 3.8) is 0 Å². The summed E-state index contributed by atoms with van der Waals surface area (Å²) in [5.74, 6) is -0.869. The molecule has 168 valence electrons. The fraction of sp³-hybridized carbons (Fsp3) is 0.192. The molecule has 7 heteroatoms. The van der Waals surface area contributed by atoms with Crippen LogP contribution in [0.15, 0.2) is 78.6 Å². The molecule has 1 N–H and O–H groups in total. The van der Waals surface area contributed by atoms with Gasteiger partial charge in [0.15, 0.2) is 0 Å². The van der Waals surface area contributed by atoms with Crippen LogP contribution in [0.5, 0.6) is 5.75 Å². The first kappa shape index (κ1) is 22.1. The molecule has 0 aliphatic carbocycles. The first-order valence-electron chi connectivity index (χ1n) is 10.5. The highest BCUT2D eigenvalue weighted by molar-refractivity contribution is 6.46. The monoisotopic (exact) mass is 443 g/mol. The smallest absolute Gasteiger partial charge is 0.295 e. The summed E-state index contributed by atoms with van der Waals surface area (Å²) in [4.78, 5) is 33.7. The van der Waals surface area contributed by atoms with Crippen LogP contribution in [-0.2, 0) is 16.1 Å². The largest absolute Gasteiger partial charge is 0.507 e. The maximum Gasteiger partial charge on any atom is 0.295 e. The lowest BCUT2D eigenvalue weighted by molar-refractivity contribution is -0.140. The zero-order valence-corrected chi connectivity index (χ0v) is 18.7. The number of hydrogen-bond donors (Lipinski definition) is 1. The number of anilines is 1. The molecular formula is C26H25N3O4. The second kappa shape index (κ2) is 9.16. The molecule has 1 amide bonds. The van der Waals surface area contributed by atoms with Gasteiger partial charge in [0.05, 0.1) is 18.7 Å². The van der Waals surface area contributed by atoms with Crippen LogP contribution in [0.1, 0.15) is 22.7 Å². The standard InChI is InChI=1S/C26H25N3O4/c1-28(2)20-8-6-18(7-9-20)23-22(24(30)19-12-14-27-15-13-19)25(31)26(32)29(23)16-17-4-10-21(33-3)11-5-17/h4-15,23,30H,16H2,1-3H3/b24-22-. The second-order valence-electron chi connectivity index (χ2n) is 8.00. The number of hydrogen-bond acceptors (Lipinski definition) is 6.